The van der Waals surface area contributed by atoms with Gasteiger partial charge in [0, 0.05) is 10.6 Å². The van der Waals surface area contributed by atoms with Gasteiger partial charge in [0.15, 0.2) is 0 Å². The molecule has 2 aromatic rings. The highest BCUT2D eigenvalue weighted by Gasteiger charge is 2.36. The topological polar surface area (TPSA) is 97.2 Å². The summed E-state index contributed by atoms with van der Waals surface area (Å²) in [6, 6.07) is 10.0. The summed E-state index contributed by atoms with van der Waals surface area (Å²) in [4.78, 5) is 24.8. The van der Waals surface area contributed by atoms with Crippen LogP contribution in [0.15, 0.2) is 58.3 Å². The highest BCUT2D eigenvalue weighted by molar-refractivity contribution is 6.30. The van der Waals surface area contributed by atoms with Gasteiger partial charge in [-0.05, 0) is 38.1 Å². The minimum Gasteiger partial charge on any atom is -0.467 e. The van der Waals surface area contributed by atoms with Gasteiger partial charge in [-0.25, -0.2) is 9.59 Å². The summed E-state index contributed by atoms with van der Waals surface area (Å²) in [7, 11) is 0. The Labute approximate surface area is 168 Å². The Hall–Kier alpha value is -2.77. The predicted molar refractivity (Wildman–Crippen MR) is 103 cm³/mol. The Kier molecular flexibility index (Phi) is 6.38. The Morgan fingerprint density at radius 2 is 2.07 bits per heavy atom. The number of furan rings is 1. The third-order valence-corrected chi connectivity index (χ3v) is 4.80. The number of amides is 2. The number of halogens is 1. The number of nitrogens with one attached hydrogen (secondary N) is 2. The van der Waals surface area contributed by atoms with E-state index in [2.05, 4.69) is 10.6 Å². The van der Waals surface area contributed by atoms with Crippen molar-refractivity contribution >= 4 is 23.6 Å². The Morgan fingerprint density at radius 3 is 2.71 bits per heavy atom. The van der Waals surface area contributed by atoms with Crippen molar-refractivity contribution in [2.24, 2.45) is 0 Å². The smallest absolute Gasteiger partial charge is 0.338 e. The van der Waals surface area contributed by atoms with Gasteiger partial charge in [-0.2, -0.15) is 0 Å². The van der Waals surface area contributed by atoms with Crippen molar-refractivity contribution in [3.63, 3.8) is 0 Å². The molecule has 3 rings (SSSR count). The van der Waals surface area contributed by atoms with Crippen LogP contribution in [0.3, 0.4) is 0 Å². The number of hydrogen-bond acceptors (Lipinski definition) is 4. The maximum absolute atomic E-state index is 12.6. The van der Waals surface area contributed by atoms with E-state index in [1.165, 1.54) is 6.26 Å². The fourth-order valence-electron chi connectivity index (χ4n) is 3.09. The highest BCUT2D eigenvalue weighted by atomic mass is 35.5. The van der Waals surface area contributed by atoms with Crippen LogP contribution in [0.5, 0.6) is 0 Å². The zero-order valence-corrected chi connectivity index (χ0v) is 16.5. The first-order chi connectivity index (χ1) is 13.5. The van der Waals surface area contributed by atoms with Crippen LogP contribution in [0.1, 0.15) is 37.3 Å². The molecule has 0 fully saturated rings. The monoisotopic (exact) mass is 404 g/mol. The Balaban J connectivity index is 1.86. The molecule has 8 heteroatoms. The lowest BCUT2D eigenvalue weighted by Crippen LogP contribution is -2.86. The lowest BCUT2D eigenvalue weighted by molar-refractivity contribution is -0.686. The maximum atomic E-state index is 12.6. The van der Waals surface area contributed by atoms with E-state index < -0.39 is 18.0 Å². The number of hydrogen-bond donors (Lipinski definition) is 3. The van der Waals surface area contributed by atoms with E-state index in [0.717, 1.165) is 5.56 Å². The van der Waals surface area contributed by atoms with E-state index in [0.29, 0.717) is 28.6 Å². The zero-order valence-electron chi connectivity index (χ0n) is 15.7. The van der Waals surface area contributed by atoms with E-state index in [-0.39, 0.29) is 12.6 Å². The van der Waals surface area contributed by atoms with Crippen LogP contribution in [0.25, 0.3) is 0 Å². The van der Waals surface area contributed by atoms with Gasteiger partial charge in [0.05, 0.1) is 24.1 Å². The molecule has 0 bridgehead atoms. The molecule has 1 aromatic heterocycles. The van der Waals surface area contributed by atoms with Crippen molar-refractivity contribution in [3.8, 4) is 0 Å². The first-order valence-electron chi connectivity index (χ1n) is 9.09. The van der Waals surface area contributed by atoms with Crippen molar-refractivity contribution in [1.82, 2.24) is 10.6 Å². The molecule has 0 saturated carbocycles. The number of rotatable bonds is 7. The molecule has 4 N–H and O–H groups in total. The second kappa shape index (κ2) is 8.95. The Morgan fingerprint density at radius 1 is 1.32 bits per heavy atom. The molecule has 2 heterocycles. The van der Waals surface area contributed by atoms with Crippen LogP contribution in [-0.2, 0) is 9.53 Å². The maximum Gasteiger partial charge on any atom is 0.338 e. The molecule has 0 aliphatic carbocycles. The Bertz CT molecular complexity index is 862. The lowest BCUT2D eigenvalue weighted by Gasteiger charge is -2.27. The number of benzene rings is 1. The van der Waals surface area contributed by atoms with Crippen LogP contribution < -0.4 is 16.0 Å². The number of ether oxygens (including phenoxy) is 1. The van der Waals surface area contributed by atoms with E-state index in [9.17, 15) is 9.59 Å². The van der Waals surface area contributed by atoms with Crippen LogP contribution in [0.2, 0.25) is 5.02 Å². The molecule has 2 amide bonds. The average molecular weight is 405 g/mol. The third-order valence-electron chi connectivity index (χ3n) is 4.55. The molecule has 1 aliphatic heterocycles. The zero-order chi connectivity index (χ0) is 20.1. The third kappa shape index (κ3) is 4.55. The SMILES string of the molecule is CCOC(=O)C1=C(C[NH2+][C@@H](C)c2ccc(Cl)cc2)NC(=O)N[C@H]1c1ccco1. The summed E-state index contributed by atoms with van der Waals surface area (Å²) < 4.78 is 10.6. The molecule has 1 aromatic carbocycles. The minimum atomic E-state index is -0.697. The van der Waals surface area contributed by atoms with Gasteiger partial charge in [-0.1, -0.05) is 23.7 Å². The fourth-order valence-corrected chi connectivity index (χ4v) is 3.22. The lowest BCUT2D eigenvalue weighted by atomic mass is 9.99. The van der Waals surface area contributed by atoms with Crippen LogP contribution in [0, 0.1) is 0 Å². The van der Waals surface area contributed by atoms with Crippen LogP contribution in [0.4, 0.5) is 4.79 Å². The van der Waals surface area contributed by atoms with E-state index in [4.69, 9.17) is 20.8 Å². The molecule has 0 radical (unpaired) electrons. The molecule has 0 unspecified atom stereocenters. The average Bonchev–Trinajstić information content (AvgIpc) is 3.21. The van der Waals surface area contributed by atoms with Gasteiger partial charge in [0.25, 0.3) is 0 Å². The molecule has 7 nitrogen and oxygen atoms in total. The number of quaternary nitrogens is 1. The number of carbonyl (C=O) groups excluding carboxylic acids is 2. The number of carbonyl (C=O) groups is 2. The molecular weight excluding hydrogens is 382 g/mol. The van der Waals surface area contributed by atoms with Gasteiger partial charge >= 0.3 is 12.0 Å². The summed E-state index contributed by atoms with van der Waals surface area (Å²) in [5.41, 5.74) is 1.94. The van der Waals surface area contributed by atoms with Crippen molar-refractivity contribution in [2.75, 3.05) is 13.2 Å². The second-order valence-electron chi connectivity index (χ2n) is 6.44. The van der Waals surface area contributed by atoms with Crippen molar-refractivity contribution in [1.29, 1.82) is 0 Å². The van der Waals surface area contributed by atoms with Gasteiger partial charge in [-0.15, -0.1) is 0 Å². The van der Waals surface area contributed by atoms with Gasteiger partial charge in [0.1, 0.15) is 24.4 Å². The second-order valence-corrected chi connectivity index (χ2v) is 6.88. The number of esters is 1. The molecule has 2 atom stereocenters. The highest BCUT2D eigenvalue weighted by Crippen LogP contribution is 2.27. The number of urea groups is 1. The molecule has 28 heavy (non-hydrogen) atoms. The van der Waals surface area contributed by atoms with Crippen LogP contribution in [-0.4, -0.2) is 25.2 Å². The summed E-state index contributed by atoms with van der Waals surface area (Å²) in [5, 5.41) is 8.19. The standard InChI is InChI=1S/C20H22ClN3O4/c1-3-27-19(25)17-15(11-22-12(2)13-6-8-14(21)9-7-13)23-20(26)24-18(17)16-5-4-10-28-16/h4-10,12,18,22H,3,11H2,1-2H3,(H2,23,24,26)/p+1/t12-,18-/m0/s1. The van der Waals surface area contributed by atoms with Crippen molar-refractivity contribution < 1.29 is 24.1 Å². The molecule has 0 spiro atoms. The van der Waals surface area contributed by atoms with Gasteiger partial charge in [-0.3, -0.25) is 0 Å². The summed E-state index contributed by atoms with van der Waals surface area (Å²) in [6.45, 7) is 4.41. The quantitative estimate of drug-likeness (QED) is 0.617. The van der Waals surface area contributed by atoms with Crippen molar-refractivity contribution in [2.45, 2.75) is 25.9 Å². The van der Waals surface area contributed by atoms with E-state index in [1.807, 2.05) is 36.5 Å². The molecular formula is C20H23ClN3O4+. The van der Waals surface area contributed by atoms with E-state index >= 15 is 0 Å². The first kappa shape index (κ1) is 20.0. The molecule has 148 valence electrons. The molecule has 0 saturated heterocycles. The summed E-state index contributed by atoms with van der Waals surface area (Å²) in [6.07, 6.45) is 1.50. The van der Waals surface area contributed by atoms with Crippen LogP contribution >= 0.6 is 11.6 Å². The fraction of sp³-hybridized carbons (Fsp3) is 0.300. The van der Waals surface area contributed by atoms with Gasteiger partial charge in [0.2, 0.25) is 0 Å². The predicted octanol–water partition coefficient (Wildman–Crippen LogP) is 2.43. The number of nitrogens with two attached hydrogens (primary N) is 1. The van der Waals surface area contributed by atoms with Crippen molar-refractivity contribution in [3.05, 3.63) is 70.3 Å². The normalized spacial score (nSPS) is 17.7. The van der Waals surface area contributed by atoms with E-state index in [1.54, 1.807) is 19.1 Å². The first-order valence-corrected chi connectivity index (χ1v) is 9.47. The van der Waals surface area contributed by atoms with Gasteiger partial charge < -0.3 is 25.1 Å². The minimum absolute atomic E-state index is 0.0991. The molecule has 1 aliphatic rings. The largest absolute Gasteiger partial charge is 0.467 e. The summed E-state index contributed by atoms with van der Waals surface area (Å²) in [5.74, 6) is -0.0138. The summed E-state index contributed by atoms with van der Waals surface area (Å²) >= 11 is 5.95.